The SMILES string of the molecule is CNNC(=O)C1=CN(CC(=O)CC2CC2)C=CC1. The van der Waals surface area contributed by atoms with Crippen molar-refractivity contribution >= 4 is 11.7 Å². The Hall–Kier alpha value is -1.62. The average molecular weight is 249 g/mol. The van der Waals surface area contributed by atoms with E-state index in [1.54, 1.807) is 18.1 Å². The Bertz CT molecular complexity index is 397. The van der Waals surface area contributed by atoms with Gasteiger partial charge in [-0.1, -0.05) is 6.08 Å². The highest BCUT2D eigenvalue weighted by molar-refractivity contribution is 5.93. The number of hydrogen-bond donors (Lipinski definition) is 2. The van der Waals surface area contributed by atoms with Crippen LogP contribution in [0.25, 0.3) is 0 Å². The van der Waals surface area contributed by atoms with Gasteiger partial charge in [0.1, 0.15) is 0 Å². The van der Waals surface area contributed by atoms with Gasteiger partial charge in [-0.3, -0.25) is 15.0 Å². The molecule has 0 spiro atoms. The van der Waals surface area contributed by atoms with Gasteiger partial charge in [0, 0.05) is 31.4 Å². The molecule has 1 aliphatic carbocycles. The molecule has 1 fully saturated rings. The van der Waals surface area contributed by atoms with Crippen LogP contribution in [0.2, 0.25) is 0 Å². The zero-order chi connectivity index (χ0) is 13.0. The van der Waals surface area contributed by atoms with Gasteiger partial charge in [0.15, 0.2) is 5.78 Å². The average Bonchev–Trinajstić information content (AvgIpc) is 3.13. The number of carbonyl (C=O) groups is 2. The lowest BCUT2D eigenvalue weighted by molar-refractivity contribution is -0.120. The molecule has 1 amide bonds. The number of carbonyl (C=O) groups excluding carboxylic acids is 2. The second-order valence-corrected chi connectivity index (χ2v) is 4.81. The van der Waals surface area contributed by atoms with Gasteiger partial charge in [0.05, 0.1) is 6.54 Å². The lowest BCUT2D eigenvalue weighted by Gasteiger charge is -2.20. The molecule has 1 aliphatic heterocycles. The molecule has 1 saturated carbocycles. The van der Waals surface area contributed by atoms with Gasteiger partial charge in [-0.05, 0) is 25.2 Å². The van der Waals surface area contributed by atoms with Crippen LogP contribution in [0, 0.1) is 5.92 Å². The second kappa shape index (κ2) is 5.82. The fraction of sp³-hybridized carbons (Fsp3) is 0.538. The summed E-state index contributed by atoms with van der Waals surface area (Å²) >= 11 is 0. The third kappa shape index (κ3) is 3.70. The summed E-state index contributed by atoms with van der Waals surface area (Å²) in [4.78, 5) is 25.2. The van der Waals surface area contributed by atoms with Crippen LogP contribution in [0.3, 0.4) is 0 Å². The summed E-state index contributed by atoms with van der Waals surface area (Å²) < 4.78 is 0. The monoisotopic (exact) mass is 249 g/mol. The van der Waals surface area contributed by atoms with Crippen LogP contribution in [-0.2, 0) is 9.59 Å². The number of nitrogens with one attached hydrogen (secondary N) is 2. The van der Waals surface area contributed by atoms with Crippen LogP contribution in [0.5, 0.6) is 0 Å². The molecule has 0 aromatic heterocycles. The van der Waals surface area contributed by atoms with Crippen LogP contribution in [0.15, 0.2) is 24.0 Å². The minimum absolute atomic E-state index is 0.151. The van der Waals surface area contributed by atoms with Crippen molar-refractivity contribution in [3.63, 3.8) is 0 Å². The minimum atomic E-state index is -0.151. The van der Waals surface area contributed by atoms with Crippen LogP contribution >= 0.6 is 0 Å². The lowest BCUT2D eigenvalue weighted by Crippen LogP contribution is -2.36. The lowest BCUT2D eigenvalue weighted by atomic mass is 10.1. The van der Waals surface area contributed by atoms with Crippen LogP contribution in [0.1, 0.15) is 25.7 Å². The largest absolute Gasteiger partial charge is 0.347 e. The molecule has 0 aromatic carbocycles. The summed E-state index contributed by atoms with van der Waals surface area (Å²) in [6, 6.07) is 0. The minimum Gasteiger partial charge on any atom is -0.347 e. The number of hydrazine groups is 1. The smallest absolute Gasteiger partial charge is 0.263 e. The van der Waals surface area contributed by atoms with Crippen LogP contribution in [0.4, 0.5) is 0 Å². The number of nitrogens with zero attached hydrogens (tertiary/aromatic N) is 1. The maximum Gasteiger partial charge on any atom is 0.263 e. The van der Waals surface area contributed by atoms with Crippen molar-refractivity contribution < 1.29 is 9.59 Å². The molecule has 0 aromatic rings. The molecule has 0 saturated heterocycles. The summed E-state index contributed by atoms with van der Waals surface area (Å²) in [5.41, 5.74) is 5.79. The Morgan fingerprint density at radius 2 is 2.22 bits per heavy atom. The molecule has 2 aliphatic rings. The Kier molecular flexibility index (Phi) is 4.15. The van der Waals surface area contributed by atoms with E-state index < -0.39 is 0 Å². The predicted molar refractivity (Wildman–Crippen MR) is 68.1 cm³/mol. The summed E-state index contributed by atoms with van der Waals surface area (Å²) in [6.45, 7) is 0.364. The number of allylic oxidation sites excluding steroid dienone is 1. The number of Topliss-reactive ketones (excluding diaryl/α,β-unsaturated/α-hetero) is 1. The molecule has 0 bridgehead atoms. The Morgan fingerprint density at radius 1 is 1.44 bits per heavy atom. The number of amides is 1. The maximum atomic E-state index is 11.7. The molecule has 18 heavy (non-hydrogen) atoms. The molecule has 1 heterocycles. The number of rotatable bonds is 6. The second-order valence-electron chi connectivity index (χ2n) is 4.81. The van der Waals surface area contributed by atoms with E-state index in [4.69, 9.17) is 0 Å². The summed E-state index contributed by atoms with van der Waals surface area (Å²) in [7, 11) is 1.65. The highest BCUT2D eigenvalue weighted by atomic mass is 16.2. The summed E-state index contributed by atoms with van der Waals surface area (Å²) in [5, 5.41) is 0. The van der Waals surface area contributed by atoms with Crippen molar-refractivity contribution in [3.05, 3.63) is 24.0 Å². The Balaban J connectivity index is 1.87. The fourth-order valence-corrected chi connectivity index (χ4v) is 1.97. The summed E-state index contributed by atoms with van der Waals surface area (Å²) in [6.07, 6.45) is 9.16. The van der Waals surface area contributed by atoms with Crippen molar-refractivity contribution in [2.75, 3.05) is 13.6 Å². The van der Waals surface area contributed by atoms with Crippen molar-refractivity contribution in [1.82, 2.24) is 15.8 Å². The number of hydrogen-bond acceptors (Lipinski definition) is 4. The Labute approximate surface area is 107 Å². The van der Waals surface area contributed by atoms with E-state index in [-0.39, 0.29) is 11.7 Å². The highest BCUT2D eigenvalue weighted by Gasteiger charge is 2.25. The first-order chi connectivity index (χ1) is 8.69. The predicted octanol–water partition coefficient (Wildman–Crippen LogP) is 0.709. The topological polar surface area (TPSA) is 61.4 Å². The molecular formula is C13H19N3O2. The third-order valence-electron chi connectivity index (χ3n) is 3.06. The highest BCUT2D eigenvalue weighted by Crippen LogP contribution is 2.32. The zero-order valence-electron chi connectivity index (χ0n) is 10.6. The van der Waals surface area contributed by atoms with Gasteiger partial charge >= 0.3 is 0 Å². The molecule has 0 radical (unpaired) electrons. The van der Waals surface area contributed by atoms with Crippen LogP contribution in [-0.4, -0.2) is 30.2 Å². The first-order valence-electron chi connectivity index (χ1n) is 6.31. The van der Waals surface area contributed by atoms with E-state index in [0.717, 1.165) is 0 Å². The van der Waals surface area contributed by atoms with Gasteiger partial charge in [0.2, 0.25) is 0 Å². The molecule has 2 N–H and O–H groups in total. The van der Waals surface area contributed by atoms with Crippen molar-refractivity contribution in [1.29, 1.82) is 0 Å². The van der Waals surface area contributed by atoms with Crippen molar-refractivity contribution in [2.45, 2.75) is 25.7 Å². The standard InChI is InChI=1S/C13H19N3O2/c1-14-15-13(18)11-3-2-6-16(8-11)9-12(17)7-10-4-5-10/h2,6,8,10,14H,3-5,7,9H2,1H3,(H,15,18). The zero-order valence-corrected chi connectivity index (χ0v) is 10.6. The van der Waals surface area contributed by atoms with Gasteiger partial charge < -0.3 is 4.90 Å². The molecule has 5 heteroatoms. The van der Waals surface area contributed by atoms with E-state index in [1.807, 2.05) is 12.3 Å². The number of ketones is 1. The molecule has 2 rings (SSSR count). The summed E-state index contributed by atoms with van der Waals surface area (Å²) in [5.74, 6) is 0.706. The maximum absolute atomic E-state index is 11.7. The first kappa shape index (κ1) is 12.8. The van der Waals surface area contributed by atoms with Gasteiger partial charge in [0.25, 0.3) is 5.91 Å². The quantitative estimate of drug-likeness (QED) is 0.681. The van der Waals surface area contributed by atoms with Crippen molar-refractivity contribution in [3.8, 4) is 0 Å². The normalized spacial score (nSPS) is 18.5. The molecular weight excluding hydrogens is 230 g/mol. The van der Waals surface area contributed by atoms with E-state index in [2.05, 4.69) is 10.9 Å². The van der Waals surface area contributed by atoms with E-state index >= 15 is 0 Å². The Morgan fingerprint density at radius 3 is 2.89 bits per heavy atom. The van der Waals surface area contributed by atoms with E-state index in [9.17, 15) is 9.59 Å². The van der Waals surface area contributed by atoms with Gasteiger partial charge in [-0.15, -0.1) is 0 Å². The molecule has 0 atom stereocenters. The van der Waals surface area contributed by atoms with Gasteiger partial charge in [-0.2, -0.15) is 0 Å². The van der Waals surface area contributed by atoms with Gasteiger partial charge in [-0.25, -0.2) is 5.43 Å². The third-order valence-corrected chi connectivity index (χ3v) is 3.06. The van der Waals surface area contributed by atoms with E-state index in [1.165, 1.54) is 12.8 Å². The molecule has 98 valence electrons. The first-order valence-corrected chi connectivity index (χ1v) is 6.31. The van der Waals surface area contributed by atoms with E-state index in [0.29, 0.717) is 30.9 Å². The molecule has 0 unspecified atom stereocenters. The van der Waals surface area contributed by atoms with Crippen molar-refractivity contribution in [2.24, 2.45) is 5.92 Å². The fourth-order valence-electron chi connectivity index (χ4n) is 1.97. The van der Waals surface area contributed by atoms with Crippen LogP contribution < -0.4 is 10.9 Å². The molecule has 5 nitrogen and oxygen atoms in total.